The summed E-state index contributed by atoms with van der Waals surface area (Å²) in [6, 6.07) is 8.57. The molecule has 1 fully saturated rings. The lowest BCUT2D eigenvalue weighted by atomic mass is 9.90. The van der Waals surface area contributed by atoms with Crippen LogP contribution in [0, 0.1) is 5.92 Å². The molecule has 0 aliphatic carbocycles. The van der Waals surface area contributed by atoms with Gasteiger partial charge in [-0.05, 0) is 11.1 Å². The van der Waals surface area contributed by atoms with E-state index in [1.807, 2.05) is 18.4 Å². The van der Waals surface area contributed by atoms with Gasteiger partial charge >= 0.3 is 0 Å². The second-order valence-electron chi connectivity index (χ2n) is 4.04. The van der Waals surface area contributed by atoms with Gasteiger partial charge in [-0.15, -0.1) is 6.58 Å². The van der Waals surface area contributed by atoms with E-state index >= 15 is 0 Å². The summed E-state index contributed by atoms with van der Waals surface area (Å²) in [5.74, 6) is 0.324. The summed E-state index contributed by atoms with van der Waals surface area (Å²) in [5.41, 5.74) is 2.54. The van der Waals surface area contributed by atoms with Crippen LogP contribution in [-0.2, 0) is 4.74 Å². The van der Waals surface area contributed by atoms with Crippen molar-refractivity contribution in [3.8, 4) is 0 Å². The second kappa shape index (κ2) is 3.31. The minimum absolute atomic E-state index is 0.214. The maximum absolute atomic E-state index is 5.34. The fourth-order valence-electron chi connectivity index (χ4n) is 2.21. The van der Waals surface area contributed by atoms with Gasteiger partial charge in [0, 0.05) is 12.1 Å². The first kappa shape index (κ1) is 8.86. The fourth-order valence-corrected chi connectivity index (χ4v) is 2.21. The summed E-state index contributed by atoms with van der Waals surface area (Å²) in [7, 11) is 0. The minimum Gasteiger partial charge on any atom is -0.372 e. The van der Waals surface area contributed by atoms with Crippen molar-refractivity contribution in [2.75, 3.05) is 6.61 Å². The maximum Gasteiger partial charge on any atom is 0.0896 e. The zero-order chi connectivity index (χ0) is 10.3. The first-order valence-corrected chi connectivity index (χ1v) is 5.26. The minimum atomic E-state index is 0.214. The number of ether oxygens (including phenoxy) is 1. The zero-order valence-electron chi connectivity index (χ0n) is 8.47. The topological polar surface area (TPSA) is 24.9 Å². The molecule has 1 aromatic rings. The highest BCUT2D eigenvalue weighted by Gasteiger charge is 2.38. The number of fused-ring (bicyclic) bond motifs is 1. The predicted octanol–water partition coefficient (Wildman–Crippen LogP) is 2.36. The van der Waals surface area contributed by atoms with Gasteiger partial charge < -0.3 is 4.74 Å². The molecule has 2 unspecified atom stereocenters. The lowest BCUT2D eigenvalue weighted by Crippen LogP contribution is -2.13. The van der Waals surface area contributed by atoms with Crippen molar-refractivity contribution < 1.29 is 4.74 Å². The zero-order valence-corrected chi connectivity index (χ0v) is 8.47. The summed E-state index contributed by atoms with van der Waals surface area (Å²) >= 11 is 0. The standard InChI is InChI=1S/C13H13NO/c1-2-10(12-8-15-12)13-11-6-4-3-5-9(11)7-14-13/h2-7,10,12-13H,1,8H2/t10?,12?,13-/m0/s1. The van der Waals surface area contributed by atoms with Gasteiger partial charge in [0.1, 0.15) is 0 Å². The van der Waals surface area contributed by atoms with E-state index < -0.39 is 0 Å². The van der Waals surface area contributed by atoms with Crippen molar-refractivity contribution in [1.82, 2.24) is 0 Å². The first-order chi connectivity index (χ1) is 7.40. The Kier molecular flexibility index (Phi) is 1.96. The third kappa shape index (κ3) is 1.41. The lowest BCUT2D eigenvalue weighted by Gasteiger charge is -2.16. The number of hydrogen-bond donors (Lipinski definition) is 0. The molecular weight excluding hydrogens is 186 g/mol. The van der Waals surface area contributed by atoms with Crippen molar-refractivity contribution in [3.05, 3.63) is 48.0 Å². The Balaban J connectivity index is 1.95. The molecule has 0 radical (unpaired) electrons. The highest BCUT2D eigenvalue weighted by Crippen LogP contribution is 2.39. The Morgan fingerprint density at radius 3 is 3.00 bits per heavy atom. The van der Waals surface area contributed by atoms with Crippen LogP contribution >= 0.6 is 0 Å². The van der Waals surface area contributed by atoms with Crippen LogP contribution in [0.1, 0.15) is 17.2 Å². The van der Waals surface area contributed by atoms with Gasteiger partial charge in [-0.2, -0.15) is 0 Å². The molecule has 1 aromatic carbocycles. The van der Waals surface area contributed by atoms with E-state index in [-0.39, 0.29) is 6.04 Å². The van der Waals surface area contributed by atoms with E-state index in [1.54, 1.807) is 0 Å². The summed E-state index contributed by atoms with van der Waals surface area (Å²) in [6.07, 6.45) is 4.26. The van der Waals surface area contributed by atoms with Crippen LogP contribution in [0.4, 0.5) is 0 Å². The molecule has 3 rings (SSSR count). The Morgan fingerprint density at radius 1 is 1.47 bits per heavy atom. The van der Waals surface area contributed by atoms with Crippen LogP contribution in [-0.4, -0.2) is 18.9 Å². The van der Waals surface area contributed by atoms with Gasteiger partial charge in [0.05, 0.1) is 18.8 Å². The molecule has 0 bridgehead atoms. The second-order valence-corrected chi connectivity index (χ2v) is 4.04. The van der Waals surface area contributed by atoms with E-state index in [9.17, 15) is 0 Å². The molecule has 2 nitrogen and oxygen atoms in total. The molecule has 2 aliphatic rings. The van der Waals surface area contributed by atoms with E-state index in [0.717, 1.165) is 6.61 Å². The molecule has 0 saturated carbocycles. The summed E-state index contributed by atoms with van der Waals surface area (Å²) in [5, 5.41) is 0. The Morgan fingerprint density at radius 2 is 2.27 bits per heavy atom. The number of hydrogen-bond acceptors (Lipinski definition) is 2. The van der Waals surface area contributed by atoms with Crippen LogP contribution in [0.2, 0.25) is 0 Å². The SMILES string of the molecule is C=CC(C1CO1)[C@@H]1N=Cc2ccccc21. The third-order valence-electron chi connectivity index (χ3n) is 3.11. The smallest absolute Gasteiger partial charge is 0.0896 e. The maximum atomic E-state index is 5.34. The third-order valence-corrected chi connectivity index (χ3v) is 3.11. The number of epoxide rings is 1. The van der Waals surface area contributed by atoms with Crippen LogP contribution in [0.3, 0.4) is 0 Å². The van der Waals surface area contributed by atoms with Crippen LogP contribution in [0.25, 0.3) is 0 Å². The average molecular weight is 199 g/mol. The molecule has 0 aromatic heterocycles. The molecule has 2 aliphatic heterocycles. The van der Waals surface area contributed by atoms with Crippen molar-refractivity contribution in [1.29, 1.82) is 0 Å². The van der Waals surface area contributed by atoms with Gasteiger partial charge in [-0.25, -0.2) is 0 Å². The molecular formula is C13H13NO. The number of benzene rings is 1. The summed E-state index contributed by atoms with van der Waals surface area (Å²) in [6.45, 7) is 4.74. The summed E-state index contributed by atoms with van der Waals surface area (Å²) in [4.78, 5) is 4.56. The van der Waals surface area contributed by atoms with Gasteiger partial charge in [0.2, 0.25) is 0 Å². The van der Waals surface area contributed by atoms with E-state index in [0.29, 0.717) is 12.0 Å². The molecule has 15 heavy (non-hydrogen) atoms. The highest BCUT2D eigenvalue weighted by molar-refractivity contribution is 5.85. The van der Waals surface area contributed by atoms with Crippen LogP contribution in [0.5, 0.6) is 0 Å². The fraction of sp³-hybridized carbons (Fsp3) is 0.308. The Bertz CT molecular complexity index is 420. The van der Waals surface area contributed by atoms with Crippen molar-refractivity contribution >= 4 is 6.21 Å². The molecule has 0 N–H and O–H groups in total. The average Bonchev–Trinajstić information content (AvgIpc) is 3.01. The molecule has 1 saturated heterocycles. The van der Waals surface area contributed by atoms with E-state index in [4.69, 9.17) is 4.74 Å². The normalized spacial score (nSPS) is 28.5. The first-order valence-electron chi connectivity index (χ1n) is 5.26. The van der Waals surface area contributed by atoms with E-state index in [2.05, 4.69) is 29.8 Å². The van der Waals surface area contributed by atoms with Crippen molar-refractivity contribution in [3.63, 3.8) is 0 Å². The van der Waals surface area contributed by atoms with Gasteiger partial charge in [0.25, 0.3) is 0 Å². The number of nitrogens with zero attached hydrogens (tertiary/aromatic N) is 1. The Hall–Kier alpha value is -1.41. The largest absolute Gasteiger partial charge is 0.372 e. The highest BCUT2D eigenvalue weighted by atomic mass is 16.6. The summed E-state index contributed by atoms with van der Waals surface area (Å²) < 4.78 is 5.34. The molecule has 0 spiro atoms. The van der Waals surface area contributed by atoms with Gasteiger partial charge in [-0.1, -0.05) is 30.3 Å². The molecule has 76 valence electrons. The van der Waals surface area contributed by atoms with Gasteiger partial charge in [0.15, 0.2) is 0 Å². The molecule has 3 atom stereocenters. The lowest BCUT2D eigenvalue weighted by molar-refractivity contribution is 0.336. The predicted molar refractivity (Wildman–Crippen MR) is 60.2 cm³/mol. The quantitative estimate of drug-likeness (QED) is 0.542. The Labute approximate surface area is 89.3 Å². The number of rotatable bonds is 3. The van der Waals surface area contributed by atoms with Crippen LogP contribution in [0.15, 0.2) is 41.9 Å². The van der Waals surface area contributed by atoms with Crippen LogP contribution < -0.4 is 0 Å². The number of aliphatic imine (C=N–C) groups is 1. The van der Waals surface area contributed by atoms with Gasteiger partial charge in [-0.3, -0.25) is 4.99 Å². The van der Waals surface area contributed by atoms with Crippen molar-refractivity contribution in [2.24, 2.45) is 10.9 Å². The molecule has 2 heterocycles. The molecule has 0 amide bonds. The molecule has 2 heteroatoms. The monoisotopic (exact) mass is 199 g/mol. The van der Waals surface area contributed by atoms with E-state index in [1.165, 1.54) is 11.1 Å². The van der Waals surface area contributed by atoms with Crippen molar-refractivity contribution in [2.45, 2.75) is 12.1 Å².